The lowest BCUT2D eigenvalue weighted by molar-refractivity contribution is -0.0712. The summed E-state index contributed by atoms with van der Waals surface area (Å²) in [6, 6.07) is 15.8. The summed E-state index contributed by atoms with van der Waals surface area (Å²) in [6.07, 6.45) is 0.944. The number of rotatable bonds is 4. The van der Waals surface area contributed by atoms with Gasteiger partial charge in [-0.1, -0.05) is 24.3 Å². The highest BCUT2D eigenvalue weighted by Crippen LogP contribution is 2.41. The predicted octanol–water partition coefficient (Wildman–Crippen LogP) is 4.99. The van der Waals surface area contributed by atoms with Gasteiger partial charge in [-0.2, -0.15) is 5.10 Å². The lowest BCUT2D eigenvalue weighted by Gasteiger charge is -2.35. The molecule has 1 amide bonds. The van der Waals surface area contributed by atoms with E-state index in [1.54, 1.807) is 16.6 Å². The van der Waals surface area contributed by atoms with Crippen LogP contribution in [0, 0.1) is 5.82 Å². The molecular formula is C30H28F3N5O2. The average Bonchev–Trinajstić information content (AvgIpc) is 3.63. The van der Waals surface area contributed by atoms with E-state index in [4.69, 9.17) is 0 Å². The number of nitrogens with zero attached hydrogens (tertiary/aromatic N) is 5. The first-order chi connectivity index (χ1) is 19.2. The zero-order chi connectivity index (χ0) is 27.8. The van der Waals surface area contributed by atoms with E-state index in [9.17, 15) is 18.7 Å². The fourth-order valence-electron chi connectivity index (χ4n) is 5.98. The molecule has 2 aliphatic heterocycles. The van der Waals surface area contributed by atoms with Gasteiger partial charge in [-0.3, -0.25) is 4.79 Å². The first kappa shape index (κ1) is 25.1. The Balaban J connectivity index is 1.22. The molecule has 1 aliphatic carbocycles. The van der Waals surface area contributed by atoms with Gasteiger partial charge in [0.25, 0.3) is 11.8 Å². The van der Waals surface area contributed by atoms with E-state index in [-0.39, 0.29) is 35.7 Å². The smallest absolute Gasteiger partial charge is 0.292 e. The van der Waals surface area contributed by atoms with Gasteiger partial charge in [0.2, 0.25) is 0 Å². The van der Waals surface area contributed by atoms with Crippen molar-refractivity contribution in [2.24, 2.45) is 0 Å². The number of β-amino-alcohol motifs (C(OH)–C–C–N with tert-alkyl or cyclic N) is 1. The van der Waals surface area contributed by atoms with Gasteiger partial charge in [0.1, 0.15) is 17.6 Å². The van der Waals surface area contributed by atoms with E-state index in [1.807, 2.05) is 30.0 Å². The van der Waals surface area contributed by atoms with Gasteiger partial charge in [0.15, 0.2) is 5.65 Å². The van der Waals surface area contributed by atoms with Crippen molar-refractivity contribution in [2.45, 2.75) is 50.2 Å². The van der Waals surface area contributed by atoms with Crippen molar-refractivity contribution < 1.29 is 23.1 Å². The van der Waals surface area contributed by atoms with E-state index >= 15 is 4.39 Å². The molecule has 40 heavy (non-hydrogen) atoms. The van der Waals surface area contributed by atoms with Gasteiger partial charge in [-0.05, 0) is 61.6 Å². The third kappa shape index (κ3) is 4.13. The Morgan fingerprint density at radius 1 is 1.10 bits per heavy atom. The fourth-order valence-corrected chi connectivity index (χ4v) is 5.98. The number of fused-ring (bicyclic) bond motifs is 2. The summed E-state index contributed by atoms with van der Waals surface area (Å²) < 4.78 is 44.6. The number of hydrogen-bond donors (Lipinski definition) is 1. The first-order valence-corrected chi connectivity index (χ1v) is 13.6. The van der Waals surface area contributed by atoms with E-state index in [1.165, 1.54) is 22.6 Å². The number of amides is 1. The Morgan fingerprint density at radius 2 is 1.90 bits per heavy atom. The van der Waals surface area contributed by atoms with Gasteiger partial charge in [0, 0.05) is 35.5 Å². The molecule has 10 heteroatoms. The molecule has 206 valence electrons. The minimum atomic E-state index is -3.24. The second kappa shape index (κ2) is 9.05. The quantitative estimate of drug-likeness (QED) is 0.390. The van der Waals surface area contributed by atoms with Gasteiger partial charge >= 0.3 is 0 Å². The summed E-state index contributed by atoms with van der Waals surface area (Å²) in [5.74, 6) is -3.75. The maximum atomic E-state index is 15.3. The van der Waals surface area contributed by atoms with Gasteiger partial charge < -0.3 is 14.9 Å². The van der Waals surface area contributed by atoms with Crippen molar-refractivity contribution in [2.75, 3.05) is 24.5 Å². The third-order valence-corrected chi connectivity index (χ3v) is 8.40. The molecule has 4 aromatic rings. The standard InChI is InChI=1S/C30H28F3N5O2/c1-17-21-5-3-2-4-18(21)10-11-37(17)29(40)25-13-26(19-6-7-19)38-28(34-25)14-24(35-38)22-9-8-20(12-23(22)31)36-15-27(39)30(32,33)16-36/h2-5,8-9,12-14,17,19,27,39H,6-7,10-11,15-16H2,1H3/t17-,27+/m1/s1. The minimum absolute atomic E-state index is 0.0791. The number of carbonyl (C=O) groups excluding carboxylic acids is 1. The first-order valence-electron chi connectivity index (χ1n) is 13.6. The number of aliphatic hydroxyl groups is 1. The molecule has 0 bridgehead atoms. The van der Waals surface area contributed by atoms with Crippen molar-refractivity contribution in [3.05, 3.63) is 82.9 Å². The fraction of sp³-hybridized carbons (Fsp3) is 0.367. The summed E-state index contributed by atoms with van der Waals surface area (Å²) in [4.78, 5) is 21.5. The lowest BCUT2D eigenvalue weighted by Crippen LogP contribution is -2.39. The molecule has 1 N–H and O–H groups in total. The second-order valence-electron chi connectivity index (χ2n) is 11.1. The van der Waals surface area contributed by atoms with Crippen LogP contribution in [0.3, 0.4) is 0 Å². The Bertz CT molecular complexity index is 1650. The zero-order valence-electron chi connectivity index (χ0n) is 21.9. The van der Waals surface area contributed by atoms with Gasteiger partial charge in [-0.25, -0.2) is 22.7 Å². The molecule has 0 radical (unpaired) electrons. The monoisotopic (exact) mass is 547 g/mol. The highest BCUT2D eigenvalue weighted by atomic mass is 19.3. The highest BCUT2D eigenvalue weighted by molar-refractivity contribution is 5.93. The Morgan fingerprint density at radius 3 is 2.62 bits per heavy atom. The maximum Gasteiger partial charge on any atom is 0.292 e. The number of halogens is 3. The predicted molar refractivity (Wildman–Crippen MR) is 143 cm³/mol. The molecule has 3 aliphatic rings. The Hall–Kier alpha value is -3.92. The van der Waals surface area contributed by atoms with Crippen LogP contribution in [-0.4, -0.2) is 62.2 Å². The van der Waals surface area contributed by atoms with Crippen molar-refractivity contribution in [3.8, 4) is 11.3 Å². The number of benzene rings is 2. The summed E-state index contributed by atoms with van der Waals surface area (Å²) >= 11 is 0. The van der Waals surface area contributed by atoms with Crippen LogP contribution < -0.4 is 4.90 Å². The van der Waals surface area contributed by atoms with Crippen LogP contribution in [0.5, 0.6) is 0 Å². The number of anilines is 1. The van der Waals surface area contributed by atoms with Crippen LogP contribution in [0.2, 0.25) is 0 Å². The molecule has 2 aromatic carbocycles. The molecule has 4 heterocycles. The van der Waals surface area contributed by atoms with Crippen LogP contribution in [0.4, 0.5) is 18.9 Å². The van der Waals surface area contributed by atoms with Gasteiger partial charge in [0.05, 0.1) is 24.8 Å². The summed E-state index contributed by atoms with van der Waals surface area (Å²) in [5, 5.41) is 14.3. The zero-order valence-corrected chi connectivity index (χ0v) is 21.9. The number of hydrogen-bond acceptors (Lipinski definition) is 5. The van der Waals surface area contributed by atoms with E-state index in [0.29, 0.717) is 23.6 Å². The SMILES string of the molecule is C[C@@H]1c2ccccc2CCN1C(=O)c1cc(C2CC2)n2nc(-c3ccc(N4C[C@H](O)C(F)(F)C4)cc3F)cc2n1. The summed E-state index contributed by atoms with van der Waals surface area (Å²) in [5.41, 5.74) is 4.88. The number of aliphatic hydroxyl groups excluding tert-OH is 1. The largest absolute Gasteiger partial charge is 0.385 e. The Labute approximate surface area is 228 Å². The third-order valence-electron chi connectivity index (χ3n) is 8.40. The summed E-state index contributed by atoms with van der Waals surface area (Å²) in [7, 11) is 0. The number of alkyl halides is 2. The normalized spacial score (nSPS) is 22.1. The van der Waals surface area contributed by atoms with Crippen LogP contribution in [-0.2, 0) is 6.42 Å². The molecule has 7 rings (SSSR count). The molecule has 0 unspecified atom stereocenters. The number of carbonyl (C=O) groups is 1. The highest BCUT2D eigenvalue weighted by Gasteiger charge is 2.47. The van der Waals surface area contributed by atoms with Crippen molar-refractivity contribution in [3.63, 3.8) is 0 Å². The maximum absolute atomic E-state index is 15.3. The molecule has 1 saturated carbocycles. The summed E-state index contributed by atoms with van der Waals surface area (Å²) in [6.45, 7) is 1.69. The van der Waals surface area contributed by atoms with E-state index < -0.39 is 24.4 Å². The topological polar surface area (TPSA) is 74.0 Å². The van der Waals surface area contributed by atoms with Crippen LogP contribution >= 0.6 is 0 Å². The number of aromatic nitrogens is 3. The lowest BCUT2D eigenvalue weighted by atomic mass is 9.93. The molecule has 1 saturated heterocycles. The van der Waals surface area contributed by atoms with Crippen molar-refractivity contribution in [1.82, 2.24) is 19.5 Å². The average molecular weight is 548 g/mol. The second-order valence-corrected chi connectivity index (χ2v) is 11.1. The van der Waals surface area contributed by atoms with Gasteiger partial charge in [-0.15, -0.1) is 0 Å². The molecule has 0 spiro atoms. The molecule has 7 nitrogen and oxygen atoms in total. The van der Waals surface area contributed by atoms with Crippen molar-refractivity contribution in [1.29, 1.82) is 0 Å². The molecule has 2 fully saturated rings. The molecule has 2 atom stereocenters. The van der Waals surface area contributed by atoms with Crippen LogP contribution in [0.15, 0.2) is 54.6 Å². The minimum Gasteiger partial charge on any atom is -0.385 e. The Kier molecular flexibility index (Phi) is 5.68. The molecular weight excluding hydrogens is 519 g/mol. The van der Waals surface area contributed by atoms with Crippen LogP contribution in [0.25, 0.3) is 16.9 Å². The van der Waals surface area contributed by atoms with Crippen molar-refractivity contribution >= 4 is 17.2 Å². The molecule has 2 aromatic heterocycles. The van der Waals surface area contributed by atoms with E-state index in [2.05, 4.69) is 22.2 Å². The van der Waals surface area contributed by atoms with E-state index in [0.717, 1.165) is 30.5 Å². The van der Waals surface area contributed by atoms with Crippen LogP contribution in [0.1, 0.15) is 59.0 Å².